The van der Waals surface area contributed by atoms with Crippen molar-refractivity contribution in [3.8, 4) is 11.5 Å². The topological polar surface area (TPSA) is 72.5 Å². The van der Waals surface area contributed by atoms with Crippen LogP contribution in [0.5, 0.6) is 11.5 Å². The number of para-hydroxylation sites is 1. The van der Waals surface area contributed by atoms with Crippen LogP contribution in [0.2, 0.25) is 0 Å². The molecule has 0 saturated heterocycles. The van der Waals surface area contributed by atoms with Crippen molar-refractivity contribution < 1.29 is 4.74 Å². The van der Waals surface area contributed by atoms with Gasteiger partial charge in [-0.05, 0) is 24.3 Å². The first kappa shape index (κ1) is 17.9. The molecule has 1 aromatic heterocycles. The summed E-state index contributed by atoms with van der Waals surface area (Å²) >= 11 is 1.66. The van der Waals surface area contributed by atoms with Crippen molar-refractivity contribution in [2.75, 3.05) is 5.32 Å². The van der Waals surface area contributed by atoms with Gasteiger partial charge >= 0.3 is 0 Å². The van der Waals surface area contributed by atoms with Crippen molar-refractivity contribution in [1.29, 1.82) is 0 Å². The first-order valence-electron chi connectivity index (χ1n) is 8.44. The lowest BCUT2D eigenvalue weighted by molar-refractivity contribution is 0.483. The van der Waals surface area contributed by atoms with Gasteiger partial charge in [-0.25, -0.2) is 9.98 Å². The summed E-state index contributed by atoms with van der Waals surface area (Å²) in [5.41, 5.74) is 7.75. The van der Waals surface area contributed by atoms with Gasteiger partial charge in [-0.15, -0.1) is 11.3 Å². The molecule has 0 spiro atoms. The molecule has 3 rings (SSSR count). The molecule has 0 atom stereocenters. The third kappa shape index (κ3) is 5.07. The maximum atomic E-state index is 6.00. The number of guanidine groups is 1. The zero-order valence-corrected chi connectivity index (χ0v) is 15.7. The Morgan fingerprint density at radius 2 is 1.92 bits per heavy atom. The van der Waals surface area contributed by atoms with Gasteiger partial charge in [-0.3, -0.25) is 0 Å². The van der Waals surface area contributed by atoms with Gasteiger partial charge in [0.15, 0.2) is 5.96 Å². The van der Waals surface area contributed by atoms with Gasteiger partial charge in [0.2, 0.25) is 0 Å². The molecule has 3 aromatic rings. The van der Waals surface area contributed by atoms with Crippen LogP contribution in [-0.4, -0.2) is 10.9 Å². The van der Waals surface area contributed by atoms with Crippen LogP contribution in [0.25, 0.3) is 0 Å². The van der Waals surface area contributed by atoms with E-state index >= 15 is 0 Å². The predicted molar refractivity (Wildman–Crippen MR) is 108 cm³/mol. The SMILES string of the molecule is CC(C)c1nc(CN=C(N)Nc2cccc(Oc3ccccc3)c2)cs1. The summed E-state index contributed by atoms with van der Waals surface area (Å²) in [7, 11) is 0. The normalized spacial score (nSPS) is 11.6. The number of aromatic nitrogens is 1. The molecule has 0 saturated carbocycles. The third-order valence-electron chi connectivity index (χ3n) is 3.56. The number of hydrogen-bond donors (Lipinski definition) is 2. The maximum Gasteiger partial charge on any atom is 0.193 e. The zero-order chi connectivity index (χ0) is 18.4. The largest absolute Gasteiger partial charge is 0.457 e. The van der Waals surface area contributed by atoms with Crippen LogP contribution in [0.4, 0.5) is 5.69 Å². The van der Waals surface area contributed by atoms with E-state index in [1.165, 1.54) is 0 Å². The van der Waals surface area contributed by atoms with E-state index in [4.69, 9.17) is 10.5 Å². The Bertz CT molecular complexity index is 874. The average molecular weight is 366 g/mol. The molecule has 0 bridgehead atoms. The van der Waals surface area contributed by atoms with Gasteiger partial charge in [0, 0.05) is 23.1 Å². The lowest BCUT2D eigenvalue weighted by atomic mass is 10.2. The third-order valence-corrected chi connectivity index (χ3v) is 4.75. The molecule has 6 heteroatoms. The minimum absolute atomic E-state index is 0.348. The molecular formula is C20H22N4OS. The van der Waals surface area contributed by atoms with E-state index in [-0.39, 0.29) is 0 Å². The highest BCUT2D eigenvalue weighted by molar-refractivity contribution is 7.09. The number of nitrogens with zero attached hydrogens (tertiary/aromatic N) is 2. The second-order valence-electron chi connectivity index (χ2n) is 6.10. The summed E-state index contributed by atoms with van der Waals surface area (Å²) < 4.78 is 5.83. The number of aliphatic imine (C=N–C) groups is 1. The first-order valence-corrected chi connectivity index (χ1v) is 9.32. The van der Waals surface area contributed by atoms with E-state index in [1.54, 1.807) is 11.3 Å². The van der Waals surface area contributed by atoms with Gasteiger partial charge in [0.25, 0.3) is 0 Å². The number of thiazole rings is 1. The summed E-state index contributed by atoms with van der Waals surface area (Å²) in [4.78, 5) is 8.92. The van der Waals surface area contributed by atoms with Gasteiger partial charge in [-0.2, -0.15) is 0 Å². The first-order chi connectivity index (χ1) is 12.6. The summed E-state index contributed by atoms with van der Waals surface area (Å²) in [5.74, 6) is 2.30. The van der Waals surface area contributed by atoms with E-state index in [9.17, 15) is 0 Å². The molecule has 0 unspecified atom stereocenters. The number of benzene rings is 2. The fourth-order valence-electron chi connectivity index (χ4n) is 2.28. The molecule has 2 aromatic carbocycles. The molecular weight excluding hydrogens is 344 g/mol. The standard InChI is InChI=1S/C20H22N4OS/c1-14(2)19-23-16(13-26-19)12-22-20(21)24-15-7-6-10-18(11-15)25-17-8-4-3-5-9-17/h3-11,13-14H,12H2,1-2H3,(H3,21,22,24). The minimum Gasteiger partial charge on any atom is -0.457 e. The number of ether oxygens (including phenoxy) is 1. The van der Waals surface area contributed by atoms with E-state index in [0.717, 1.165) is 27.9 Å². The van der Waals surface area contributed by atoms with Gasteiger partial charge in [0.05, 0.1) is 17.2 Å². The summed E-state index contributed by atoms with van der Waals surface area (Å²) in [6, 6.07) is 17.3. The monoisotopic (exact) mass is 366 g/mol. The van der Waals surface area contributed by atoms with Crippen LogP contribution in [0.1, 0.15) is 30.5 Å². The molecule has 26 heavy (non-hydrogen) atoms. The van der Waals surface area contributed by atoms with Crippen molar-refractivity contribution in [3.05, 3.63) is 70.7 Å². The number of anilines is 1. The van der Waals surface area contributed by atoms with E-state index in [2.05, 4.69) is 29.1 Å². The van der Waals surface area contributed by atoms with E-state index in [1.807, 2.05) is 60.0 Å². The van der Waals surface area contributed by atoms with Crippen LogP contribution in [0, 0.1) is 0 Å². The highest BCUT2D eigenvalue weighted by Crippen LogP contribution is 2.24. The average Bonchev–Trinajstić information content (AvgIpc) is 3.11. The number of nitrogens with one attached hydrogen (secondary N) is 1. The molecule has 0 amide bonds. The van der Waals surface area contributed by atoms with Crippen molar-refractivity contribution in [2.24, 2.45) is 10.7 Å². The molecule has 0 fully saturated rings. The van der Waals surface area contributed by atoms with E-state index in [0.29, 0.717) is 18.4 Å². The molecule has 3 N–H and O–H groups in total. The van der Waals surface area contributed by atoms with Gasteiger partial charge in [-0.1, -0.05) is 38.1 Å². The van der Waals surface area contributed by atoms with Crippen molar-refractivity contribution in [2.45, 2.75) is 26.3 Å². The van der Waals surface area contributed by atoms with Crippen LogP contribution in [0.3, 0.4) is 0 Å². The molecule has 134 valence electrons. The Morgan fingerprint density at radius 1 is 1.15 bits per heavy atom. The molecule has 0 radical (unpaired) electrons. The van der Waals surface area contributed by atoms with Crippen LogP contribution < -0.4 is 15.8 Å². The Hall–Kier alpha value is -2.86. The Morgan fingerprint density at radius 3 is 2.65 bits per heavy atom. The fourth-order valence-corrected chi connectivity index (χ4v) is 3.10. The fraction of sp³-hybridized carbons (Fsp3) is 0.200. The predicted octanol–water partition coefficient (Wildman–Crippen LogP) is 4.99. The molecule has 5 nitrogen and oxygen atoms in total. The maximum absolute atomic E-state index is 6.00. The zero-order valence-electron chi connectivity index (χ0n) is 14.8. The molecule has 0 aliphatic heterocycles. The number of rotatable bonds is 6. The summed E-state index contributed by atoms with van der Waals surface area (Å²) in [6.07, 6.45) is 0. The highest BCUT2D eigenvalue weighted by atomic mass is 32.1. The summed E-state index contributed by atoms with van der Waals surface area (Å²) in [5, 5.41) is 6.24. The van der Waals surface area contributed by atoms with Crippen molar-refractivity contribution >= 4 is 23.0 Å². The Kier molecular flexibility index (Phi) is 5.86. The quantitative estimate of drug-likeness (QED) is 0.476. The highest BCUT2D eigenvalue weighted by Gasteiger charge is 2.05. The van der Waals surface area contributed by atoms with Gasteiger partial charge in [0.1, 0.15) is 11.5 Å². The lowest BCUT2D eigenvalue weighted by Gasteiger charge is -2.09. The summed E-state index contributed by atoms with van der Waals surface area (Å²) in [6.45, 7) is 4.72. The Balaban J connectivity index is 1.61. The van der Waals surface area contributed by atoms with Gasteiger partial charge < -0.3 is 15.8 Å². The number of nitrogens with two attached hydrogens (primary N) is 1. The van der Waals surface area contributed by atoms with Crippen molar-refractivity contribution in [3.63, 3.8) is 0 Å². The molecule has 1 heterocycles. The molecule has 0 aliphatic carbocycles. The smallest absolute Gasteiger partial charge is 0.193 e. The Labute approximate surface area is 157 Å². The molecule has 0 aliphatic rings. The second-order valence-corrected chi connectivity index (χ2v) is 6.99. The minimum atomic E-state index is 0.348. The van der Waals surface area contributed by atoms with Crippen LogP contribution >= 0.6 is 11.3 Å². The van der Waals surface area contributed by atoms with Crippen molar-refractivity contribution in [1.82, 2.24) is 4.98 Å². The lowest BCUT2D eigenvalue weighted by Crippen LogP contribution is -2.22. The van der Waals surface area contributed by atoms with Crippen LogP contribution in [-0.2, 0) is 6.54 Å². The number of hydrogen-bond acceptors (Lipinski definition) is 4. The van der Waals surface area contributed by atoms with Crippen LogP contribution in [0.15, 0.2) is 65.0 Å². The van der Waals surface area contributed by atoms with E-state index < -0.39 is 0 Å². The second kappa shape index (κ2) is 8.49.